The van der Waals surface area contributed by atoms with E-state index >= 15 is 0 Å². The van der Waals surface area contributed by atoms with Gasteiger partial charge in [0, 0.05) is 0 Å². The predicted molar refractivity (Wildman–Crippen MR) is 70.3 cm³/mol. The largest absolute Gasteiger partial charge is 0.467 e. The molecule has 0 spiro atoms. The van der Waals surface area contributed by atoms with Gasteiger partial charge in [-0.2, -0.15) is 0 Å². The van der Waals surface area contributed by atoms with Crippen molar-refractivity contribution in [3.05, 3.63) is 35.9 Å². The van der Waals surface area contributed by atoms with E-state index in [9.17, 15) is 14.7 Å². The Bertz CT molecular complexity index is 442. The Morgan fingerprint density at radius 1 is 1.37 bits per heavy atom. The number of ether oxygens (including phenoxy) is 1. The molecule has 2 atom stereocenters. The number of amides is 1. The first-order valence-electron chi connectivity index (χ1n) is 6.08. The van der Waals surface area contributed by atoms with Gasteiger partial charge in [0.05, 0.1) is 7.11 Å². The Labute approximate surface area is 112 Å². The smallest absolute Gasteiger partial charge is 0.333 e. The highest BCUT2D eigenvalue weighted by molar-refractivity contribution is 5.89. The van der Waals surface area contributed by atoms with Gasteiger partial charge in [0.1, 0.15) is 5.60 Å². The van der Waals surface area contributed by atoms with Crippen molar-refractivity contribution in [2.24, 2.45) is 0 Å². The van der Waals surface area contributed by atoms with Gasteiger partial charge in [0.2, 0.25) is 0 Å². The average Bonchev–Trinajstić information content (AvgIpc) is 2.44. The maximum atomic E-state index is 11.9. The summed E-state index contributed by atoms with van der Waals surface area (Å²) in [6.07, 6.45) is 0.252. The zero-order valence-electron chi connectivity index (χ0n) is 11.3. The standard InChI is InChI=1S/C14H19NO4/c1-4-14(2,18)13(17)15-11(12(16)19-3)10-8-6-5-7-9-10/h5-9,11,18H,4H2,1-3H3,(H,15,17)/t11-,14+/m1/s1. The second kappa shape index (κ2) is 6.33. The Morgan fingerprint density at radius 3 is 2.42 bits per heavy atom. The van der Waals surface area contributed by atoms with Crippen LogP contribution in [0.4, 0.5) is 0 Å². The summed E-state index contributed by atoms with van der Waals surface area (Å²) in [4.78, 5) is 23.7. The lowest BCUT2D eigenvalue weighted by molar-refractivity contribution is -0.149. The molecule has 1 aromatic rings. The van der Waals surface area contributed by atoms with Crippen LogP contribution in [0, 0.1) is 0 Å². The molecule has 0 bridgehead atoms. The van der Waals surface area contributed by atoms with Crippen LogP contribution in [0.5, 0.6) is 0 Å². The fourth-order valence-electron chi connectivity index (χ4n) is 1.49. The fraction of sp³-hybridized carbons (Fsp3) is 0.429. The molecular weight excluding hydrogens is 246 g/mol. The Kier molecular flexibility index (Phi) is 5.06. The summed E-state index contributed by atoms with van der Waals surface area (Å²) in [7, 11) is 1.25. The Morgan fingerprint density at radius 2 is 1.95 bits per heavy atom. The van der Waals surface area contributed by atoms with Crippen molar-refractivity contribution in [1.29, 1.82) is 0 Å². The SMILES string of the molecule is CC[C@](C)(O)C(=O)N[C@@H](C(=O)OC)c1ccccc1. The number of benzene rings is 1. The zero-order chi connectivity index (χ0) is 14.5. The molecule has 2 N–H and O–H groups in total. The fourth-order valence-corrected chi connectivity index (χ4v) is 1.49. The van der Waals surface area contributed by atoms with Gasteiger partial charge < -0.3 is 15.2 Å². The van der Waals surface area contributed by atoms with Crippen molar-refractivity contribution < 1.29 is 19.4 Å². The van der Waals surface area contributed by atoms with E-state index in [-0.39, 0.29) is 6.42 Å². The molecule has 1 rings (SSSR count). The Hall–Kier alpha value is -1.88. The van der Waals surface area contributed by atoms with Crippen molar-refractivity contribution in [3.63, 3.8) is 0 Å². The molecule has 0 aliphatic carbocycles. The van der Waals surface area contributed by atoms with Crippen molar-refractivity contribution in [3.8, 4) is 0 Å². The molecule has 0 aliphatic heterocycles. The highest BCUT2D eigenvalue weighted by Gasteiger charge is 2.32. The van der Waals surface area contributed by atoms with Gasteiger partial charge in [0.25, 0.3) is 5.91 Å². The minimum absolute atomic E-state index is 0.252. The first kappa shape index (κ1) is 15.2. The highest BCUT2D eigenvalue weighted by atomic mass is 16.5. The molecule has 0 fully saturated rings. The van der Waals surface area contributed by atoms with Crippen LogP contribution in [-0.4, -0.2) is 29.7 Å². The quantitative estimate of drug-likeness (QED) is 0.784. The van der Waals surface area contributed by atoms with Crippen LogP contribution in [-0.2, 0) is 14.3 Å². The van der Waals surface area contributed by atoms with Gasteiger partial charge >= 0.3 is 5.97 Å². The van der Waals surface area contributed by atoms with E-state index in [1.165, 1.54) is 14.0 Å². The van der Waals surface area contributed by atoms with Gasteiger partial charge in [-0.3, -0.25) is 4.79 Å². The maximum absolute atomic E-state index is 11.9. The van der Waals surface area contributed by atoms with Crippen molar-refractivity contribution in [2.45, 2.75) is 31.9 Å². The Balaban J connectivity index is 2.95. The number of esters is 1. The van der Waals surface area contributed by atoms with E-state index < -0.39 is 23.5 Å². The van der Waals surface area contributed by atoms with E-state index in [4.69, 9.17) is 0 Å². The monoisotopic (exact) mass is 265 g/mol. The van der Waals surface area contributed by atoms with Crippen molar-refractivity contribution in [2.75, 3.05) is 7.11 Å². The van der Waals surface area contributed by atoms with Gasteiger partial charge in [-0.15, -0.1) is 0 Å². The third-order valence-electron chi connectivity index (χ3n) is 3.02. The van der Waals surface area contributed by atoms with E-state index in [0.29, 0.717) is 5.56 Å². The van der Waals surface area contributed by atoms with E-state index in [1.807, 2.05) is 6.07 Å². The first-order valence-corrected chi connectivity index (χ1v) is 6.08. The summed E-state index contributed by atoms with van der Waals surface area (Å²) in [5.74, 6) is -1.18. The highest BCUT2D eigenvalue weighted by Crippen LogP contribution is 2.17. The van der Waals surface area contributed by atoms with Crippen LogP contribution in [0.1, 0.15) is 31.9 Å². The lowest BCUT2D eigenvalue weighted by Crippen LogP contribution is -2.47. The molecule has 0 aromatic heterocycles. The van der Waals surface area contributed by atoms with Gasteiger partial charge in [-0.1, -0.05) is 37.3 Å². The summed E-state index contributed by atoms with van der Waals surface area (Å²) in [6.45, 7) is 3.09. The summed E-state index contributed by atoms with van der Waals surface area (Å²) in [5, 5.41) is 12.4. The van der Waals surface area contributed by atoms with Crippen molar-refractivity contribution in [1.82, 2.24) is 5.32 Å². The van der Waals surface area contributed by atoms with Gasteiger partial charge in [-0.05, 0) is 18.9 Å². The molecule has 0 saturated carbocycles. The van der Waals surface area contributed by atoms with Crippen LogP contribution in [0.25, 0.3) is 0 Å². The van der Waals surface area contributed by atoms with E-state index in [0.717, 1.165) is 0 Å². The van der Waals surface area contributed by atoms with Gasteiger partial charge in [-0.25, -0.2) is 4.79 Å². The van der Waals surface area contributed by atoms with E-state index in [2.05, 4.69) is 10.1 Å². The summed E-state index contributed by atoms with van der Waals surface area (Å²) < 4.78 is 4.68. The number of rotatable bonds is 5. The second-order valence-electron chi connectivity index (χ2n) is 4.47. The van der Waals surface area contributed by atoms with Crippen LogP contribution in [0.3, 0.4) is 0 Å². The lowest BCUT2D eigenvalue weighted by Gasteiger charge is -2.24. The molecule has 5 heteroatoms. The molecule has 1 amide bonds. The lowest BCUT2D eigenvalue weighted by atomic mass is 10.0. The molecule has 0 aliphatic rings. The number of carbonyl (C=O) groups is 2. The number of hydrogen-bond donors (Lipinski definition) is 2. The molecule has 19 heavy (non-hydrogen) atoms. The normalized spacial score (nSPS) is 15.2. The van der Waals surface area contributed by atoms with Gasteiger partial charge in [0.15, 0.2) is 6.04 Å². The predicted octanol–water partition coefficient (Wildman–Crippen LogP) is 1.18. The molecule has 0 unspecified atom stereocenters. The van der Waals surface area contributed by atoms with Crippen molar-refractivity contribution >= 4 is 11.9 Å². The van der Waals surface area contributed by atoms with Crippen LogP contribution >= 0.6 is 0 Å². The second-order valence-corrected chi connectivity index (χ2v) is 4.47. The number of aliphatic hydroxyl groups is 1. The zero-order valence-corrected chi connectivity index (χ0v) is 11.3. The number of nitrogens with one attached hydrogen (secondary N) is 1. The number of hydrogen-bond acceptors (Lipinski definition) is 4. The molecule has 1 aromatic carbocycles. The molecule has 0 saturated heterocycles. The molecule has 0 radical (unpaired) electrons. The molecular formula is C14H19NO4. The summed E-state index contributed by atoms with van der Waals surface area (Å²) in [5.41, 5.74) is -0.907. The minimum atomic E-state index is -1.51. The van der Waals surface area contributed by atoms with E-state index in [1.54, 1.807) is 31.2 Å². The molecule has 5 nitrogen and oxygen atoms in total. The van der Waals surface area contributed by atoms with Crippen LogP contribution in [0.2, 0.25) is 0 Å². The number of carbonyl (C=O) groups excluding carboxylic acids is 2. The molecule has 0 heterocycles. The van der Waals surface area contributed by atoms with Crippen LogP contribution in [0.15, 0.2) is 30.3 Å². The minimum Gasteiger partial charge on any atom is -0.467 e. The average molecular weight is 265 g/mol. The number of methoxy groups -OCH3 is 1. The summed E-state index contributed by atoms with van der Waals surface area (Å²) >= 11 is 0. The summed E-state index contributed by atoms with van der Waals surface area (Å²) in [6, 6.07) is 7.83. The third-order valence-corrected chi connectivity index (χ3v) is 3.02. The first-order chi connectivity index (χ1) is 8.92. The van der Waals surface area contributed by atoms with Crippen LogP contribution < -0.4 is 5.32 Å². The maximum Gasteiger partial charge on any atom is 0.333 e. The topological polar surface area (TPSA) is 75.6 Å². The molecule has 104 valence electrons. The third kappa shape index (κ3) is 3.79.